The number of thiazole rings is 2. The highest BCUT2D eigenvalue weighted by molar-refractivity contribution is 7.84. The minimum absolute atomic E-state index is 0.230. The van der Waals surface area contributed by atoms with Crippen LogP contribution in [0.2, 0.25) is 0 Å². The van der Waals surface area contributed by atoms with Crippen LogP contribution in [0.4, 0.5) is 0 Å². The van der Waals surface area contributed by atoms with Gasteiger partial charge in [0.15, 0.2) is 5.78 Å². The van der Waals surface area contributed by atoms with Gasteiger partial charge in [0, 0.05) is 44.5 Å². The van der Waals surface area contributed by atoms with Crippen LogP contribution in [0.25, 0.3) is 60.9 Å². The maximum Gasteiger partial charge on any atom is 0.205 e. The van der Waals surface area contributed by atoms with Gasteiger partial charge >= 0.3 is 0 Å². The summed E-state index contributed by atoms with van der Waals surface area (Å²) in [6.07, 6.45) is 13.3. The minimum atomic E-state index is -1.36. The Morgan fingerprint density at radius 1 is 0.759 bits per heavy atom. The first-order chi connectivity index (χ1) is 26.0. The second-order valence-electron chi connectivity index (χ2n) is 15.4. The number of aromatic nitrogens is 4. The van der Waals surface area contributed by atoms with E-state index >= 15 is 0 Å². The summed E-state index contributed by atoms with van der Waals surface area (Å²) in [5.74, 6) is 0.945. The summed E-state index contributed by atoms with van der Waals surface area (Å²) in [6, 6.07) is 6.61. The van der Waals surface area contributed by atoms with Gasteiger partial charge in [-0.15, -0.1) is 56.7 Å². The fraction of sp³-hybridized carbons (Fsp3) is 0.452. The number of carbonyl (C=O) groups excluding carboxylic acids is 2. The number of fused-ring (bicyclic) bond motifs is 5. The van der Waals surface area contributed by atoms with Gasteiger partial charge in [0.2, 0.25) is 5.78 Å². The Hall–Kier alpha value is -2.74. The van der Waals surface area contributed by atoms with E-state index in [1.807, 2.05) is 48.1 Å². The zero-order chi connectivity index (χ0) is 37.9. The Labute approximate surface area is 342 Å². The summed E-state index contributed by atoms with van der Waals surface area (Å²) >= 11 is 13.4. The monoisotopic (exact) mass is 830 g/mol. The molecule has 7 heterocycles. The highest BCUT2D eigenvalue weighted by atomic mass is 32.1. The van der Waals surface area contributed by atoms with Crippen LogP contribution < -0.4 is 0 Å². The molecule has 2 unspecified atom stereocenters. The smallest absolute Gasteiger partial charge is 0.205 e. The molecule has 7 aromatic rings. The summed E-state index contributed by atoms with van der Waals surface area (Å²) < 4.78 is 3.93. The van der Waals surface area contributed by atoms with Crippen molar-refractivity contribution < 1.29 is 9.59 Å². The third-order valence-electron chi connectivity index (χ3n) is 10.7. The van der Waals surface area contributed by atoms with Gasteiger partial charge < -0.3 is 4.57 Å². The van der Waals surface area contributed by atoms with Crippen LogP contribution in [-0.4, -0.2) is 35.8 Å². The highest BCUT2D eigenvalue weighted by Crippen LogP contribution is 2.50. The number of thiol groups is 1. The van der Waals surface area contributed by atoms with Crippen LogP contribution in [0.1, 0.15) is 116 Å². The lowest BCUT2D eigenvalue weighted by Crippen LogP contribution is -2.35. The second-order valence-corrected chi connectivity index (χ2v) is 21.8. The van der Waals surface area contributed by atoms with Crippen molar-refractivity contribution >= 4 is 112 Å². The Balaban J connectivity index is 1.15. The number of carbonyl (C=O) groups is 2. The number of pyridine rings is 1. The van der Waals surface area contributed by atoms with Gasteiger partial charge in [-0.1, -0.05) is 72.6 Å². The van der Waals surface area contributed by atoms with E-state index in [4.69, 9.17) is 27.6 Å². The summed E-state index contributed by atoms with van der Waals surface area (Å²) in [5.41, 5.74) is 3.99. The Morgan fingerprint density at radius 3 is 2.28 bits per heavy atom. The third-order valence-corrected chi connectivity index (χ3v) is 17.3. The summed E-state index contributed by atoms with van der Waals surface area (Å²) in [7, 11) is 0. The van der Waals surface area contributed by atoms with E-state index in [0.717, 1.165) is 73.1 Å². The van der Waals surface area contributed by atoms with E-state index in [-0.39, 0.29) is 17.3 Å². The lowest BCUT2D eigenvalue weighted by molar-refractivity contribution is 0.0859. The number of hydrogen-bond donors (Lipinski definition) is 1. The molecule has 0 spiro atoms. The van der Waals surface area contributed by atoms with Crippen molar-refractivity contribution in [2.24, 2.45) is 11.8 Å². The fourth-order valence-electron chi connectivity index (χ4n) is 7.69. The molecule has 0 N–H and O–H groups in total. The Morgan fingerprint density at radius 2 is 1.52 bits per heavy atom. The normalized spacial score (nSPS) is 16.7. The van der Waals surface area contributed by atoms with E-state index in [1.165, 1.54) is 55.9 Å². The molecule has 6 nitrogen and oxygen atoms in total. The largest absolute Gasteiger partial charge is 0.339 e. The molecule has 0 bridgehead atoms. The molecular weight excluding hydrogens is 785 g/mol. The molecule has 0 aliphatic heterocycles. The quantitative estimate of drug-likeness (QED) is 0.0633. The predicted molar refractivity (Wildman–Crippen MR) is 237 cm³/mol. The van der Waals surface area contributed by atoms with Gasteiger partial charge in [0.1, 0.15) is 20.5 Å². The number of Topliss-reactive ketones (excluding diaryl/α,β-unsaturated/α-hetero) is 2. The average molecular weight is 831 g/mol. The summed E-state index contributed by atoms with van der Waals surface area (Å²) in [6.45, 7) is 14.5. The topological polar surface area (TPSA) is 77.7 Å². The molecule has 1 aliphatic rings. The number of rotatable bonds is 15. The molecule has 0 aromatic carbocycles. The van der Waals surface area contributed by atoms with E-state index in [1.54, 1.807) is 34.0 Å². The van der Waals surface area contributed by atoms with Crippen LogP contribution in [-0.2, 0) is 6.54 Å². The third kappa shape index (κ3) is 6.87. The number of unbranched alkanes of at least 4 members (excludes halogenated alkanes) is 3. The molecule has 0 fully saturated rings. The van der Waals surface area contributed by atoms with Gasteiger partial charge in [-0.2, -0.15) is 12.6 Å². The van der Waals surface area contributed by atoms with E-state index in [0.29, 0.717) is 23.4 Å². The zero-order valence-electron chi connectivity index (χ0n) is 31.7. The number of ketones is 2. The second kappa shape index (κ2) is 15.3. The Bertz CT molecular complexity index is 2520. The molecule has 1 aliphatic carbocycles. The SMILES string of the molecule is CCCCCCC1(S)C(=O)c2cc3c(-c4ncc(-c5cc6c(s5)c5sc(C)cc5n6CCC(C)CCCC(C)C)s4)sc(-c4ncc(C)s4)c3nc2C1=O. The first-order valence-electron chi connectivity index (χ1n) is 19.2. The Kier molecular flexibility index (Phi) is 10.8. The standard InChI is InChI=1S/C42H46N4O2S6/c1-7-8-9-10-15-42(49)38(47)27-18-26-32(45-33(27)39(42)48)37(41-43-20-25(6)51-41)54-34(26)40-44-21-31(53-40)30-19-29-36(52-30)35-28(17-24(5)50-35)46(29)16-14-23(4)13-11-12-22(2)3/h17-23,49H,7-16H2,1-6H3. The fourth-order valence-corrected chi connectivity index (χ4v) is 13.5. The number of thiophene rings is 3. The van der Waals surface area contributed by atoms with Crippen LogP contribution in [0.5, 0.6) is 0 Å². The summed E-state index contributed by atoms with van der Waals surface area (Å²) in [5, 5.41) is 2.58. The maximum atomic E-state index is 13.9. The molecule has 7 aromatic heterocycles. The summed E-state index contributed by atoms with van der Waals surface area (Å²) in [4.78, 5) is 49.1. The van der Waals surface area contributed by atoms with Crippen LogP contribution >= 0.6 is 69.3 Å². The lowest BCUT2D eigenvalue weighted by atomic mass is 9.95. The molecular formula is C42H46N4O2S6. The van der Waals surface area contributed by atoms with Gasteiger partial charge in [-0.05, 0) is 56.7 Å². The minimum Gasteiger partial charge on any atom is -0.339 e. The van der Waals surface area contributed by atoms with Crippen molar-refractivity contribution in [3.63, 3.8) is 0 Å². The van der Waals surface area contributed by atoms with Crippen molar-refractivity contribution in [3.05, 3.63) is 51.6 Å². The van der Waals surface area contributed by atoms with Gasteiger partial charge in [-0.3, -0.25) is 9.59 Å². The first kappa shape index (κ1) is 38.1. The van der Waals surface area contributed by atoms with Gasteiger partial charge in [0.25, 0.3) is 0 Å². The number of aryl methyl sites for hydroxylation is 3. The van der Waals surface area contributed by atoms with Crippen molar-refractivity contribution in [2.75, 3.05) is 0 Å². The van der Waals surface area contributed by atoms with Crippen LogP contribution in [0.3, 0.4) is 0 Å². The predicted octanol–water partition coefficient (Wildman–Crippen LogP) is 13.9. The van der Waals surface area contributed by atoms with E-state index in [9.17, 15) is 9.59 Å². The van der Waals surface area contributed by atoms with Crippen LogP contribution in [0, 0.1) is 25.7 Å². The molecule has 54 heavy (non-hydrogen) atoms. The molecule has 2 atom stereocenters. The number of nitrogens with zero attached hydrogens (tertiary/aromatic N) is 4. The number of hydrogen-bond acceptors (Lipinski definition) is 11. The van der Waals surface area contributed by atoms with Crippen molar-refractivity contribution in [1.29, 1.82) is 0 Å². The highest BCUT2D eigenvalue weighted by Gasteiger charge is 2.51. The van der Waals surface area contributed by atoms with Gasteiger partial charge in [-0.25, -0.2) is 15.0 Å². The molecule has 0 saturated heterocycles. The maximum absolute atomic E-state index is 13.9. The van der Waals surface area contributed by atoms with Crippen LogP contribution in [0.15, 0.2) is 30.6 Å². The molecule has 8 rings (SSSR count). The van der Waals surface area contributed by atoms with E-state index in [2.05, 4.69) is 51.3 Å². The molecule has 0 amide bonds. The van der Waals surface area contributed by atoms with Gasteiger partial charge in [0.05, 0.1) is 40.6 Å². The first-order valence-corrected chi connectivity index (χ1v) is 23.7. The van der Waals surface area contributed by atoms with Crippen molar-refractivity contribution in [1.82, 2.24) is 19.5 Å². The lowest BCUT2D eigenvalue weighted by Gasteiger charge is -2.18. The van der Waals surface area contributed by atoms with Crippen molar-refractivity contribution in [2.45, 2.75) is 111 Å². The molecule has 282 valence electrons. The van der Waals surface area contributed by atoms with E-state index < -0.39 is 4.75 Å². The molecule has 12 heteroatoms. The van der Waals surface area contributed by atoms with Crippen molar-refractivity contribution in [3.8, 4) is 29.5 Å². The molecule has 0 radical (unpaired) electrons. The average Bonchev–Trinajstić information content (AvgIpc) is 4.00. The molecule has 0 saturated carbocycles. The zero-order valence-corrected chi connectivity index (χ0v) is 36.7.